The summed E-state index contributed by atoms with van der Waals surface area (Å²) in [6.45, 7) is 1.79. The van der Waals surface area contributed by atoms with E-state index in [1.807, 2.05) is 0 Å². The van der Waals surface area contributed by atoms with Crippen LogP contribution in [0.1, 0.15) is 15.9 Å². The zero-order chi connectivity index (χ0) is 14.0. The highest BCUT2D eigenvalue weighted by atomic mass is 19.1. The Morgan fingerprint density at radius 1 is 1.42 bits per heavy atom. The third kappa shape index (κ3) is 2.79. The number of anilines is 1. The number of nitrogens with zero attached hydrogens (tertiary/aromatic N) is 1. The molecule has 0 radical (unpaired) electrons. The lowest BCUT2D eigenvalue weighted by Crippen LogP contribution is -2.02. The molecule has 0 amide bonds. The van der Waals surface area contributed by atoms with Crippen LogP contribution in [0.15, 0.2) is 30.5 Å². The van der Waals surface area contributed by atoms with Crippen LogP contribution in [0.25, 0.3) is 0 Å². The largest absolute Gasteiger partial charge is 0.478 e. The molecule has 0 aliphatic carbocycles. The highest BCUT2D eigenvalue weighted by Crippen LogP contribution is 2.28. The number of carbonyl (C=O) groups is 1. The smallest absolute Gasteiger partial charge is 0.337 e. The topological polar surface area (TPSA) is 85.4 Å². The molecule has 1 aromatic heterocycles. The molecule has 0 aliphatic heterocycles. The predicted octanol–water partition coefficient (Wildman–Crippen LogP) is 2.60. The molecule has 0 saturated heterocycles. The summed E-state index contributed by atoms with van der Waals surface area (Å²) in [7, 11) is 0. The van der Waals surface area contributed by atoms with E-state index in [0.717, 1.165) is 11.8 Å². The molecule has 5 nitrogen and oxygen atoms in total. The van der Waals surface area contributed by atoms with Gasteiger partial charge in [-0.2, -0.15) is 0 Å². The molecule has 0 unspecified atom stereocenters. The van der Waals surface area contributed by atoms with Gasteiger partial charge in [0.25, 0.3) is 0 Å². The average Bonchev–Trinajstić information content (AvgIpc) is 2.36. The van der Waals surface area contributed by atoms with Gasteiger partial charge in [-0.3, -0.25) is 0 Å². The van der Waals surface area contributed by atoms with Crippen LogP contribution in [0.2, 0.25) is 0 Å². The van der Waals surface area contributed by atoms with Crippen LogP contribution in [0.5, 0.6) is 11.6 Å². The Kier molecular flexibility index (Phi) is 3.33. The molecule has 0 spiro atoms. The van der Waals surface area contributed by atoms with E-state index in [9.17, 15) is 9.18 Å². The molecule has 0 aliphatic rings. The normalized spacial score (nSPS) is 10.2. The lowest BCUT2D eigenvalue weighted by molar-refractivity contribution is 0.0696. The summed E-state index contributed by atoms with van der Waals surface area (Å²) < 4.78 is 18.8. The Balaban J connectivity index is 2.33. The third-order valence-corrected chi connectivity index (χ3v) is 2.42. The molecule has 98 valence electrons. The van der Waals surface area contributed by atoms with Crippen molar-refractivity contribution in [1.29, 1.82) is 0 Å². The second kappa shape index (κ2) is 4.93. The van der Waals surface area contributed by atoms with Crippen molar-refractivity contribution in [3.05, 3.63) is 47.4 Å². The number of carboxylic acids is 1. The lowest BCUT2D eigenvalue weighted by atomic mass is 10.2. The number of pyridine rings is 1. The molecule has 0 atom stereocenters. The Morgan fingerprint density at radius 2 is 2.16 bits per heavy atom. The zero-order valence-corrected chi connectivity index (χ0v) is 10.1. The fraction of sp³-hybridized carbons (Fsp3) is 0.0769. The van der Waals surface area contributed by atoms with E-state index in [1.54, 1.807) is 13.0 Å². The van der Waals surface area contributed by atoms with E-state index in [2.05, 4.69) is 4.98 Å². The molecule has 1 aromatic carbocycles. The van der Waals surface area contributed by atoms with Crippen molar-refractivity contribution in [1.82, 2.24) is 4.98 Å². The molecule has 6 heteroatoms. The summed E-state index contributed by atoms with van der Waals surface area (Å²) in [5.74, 6) is -1.74. The number of aromatic nitrogens is 1. The van der Waals surface area contributed by atoms with Gasteiger partial charge in [-0.1, -0.05) is 6.07 Å². The van der Waals surface area contributed by atoms with E-state index >= 15 is 0 Å². The first-order chi connectivity index (χ1) is 8.97. The van der Waals surface area contributed by atoms with E-state index in [4.69, 9.17) is 15.6 Å². The van der Waals surface area contributed by atoms with Gasteiger partial charge in [-0.05, 0) is 30.7 Å². The van der Waals surface area contributed by atoms with E-state index < -0.39 is 11.8 Å². The standard InChI is InChI=1S/C13H11FN2O3/c1-7-2-3-9(14)11(4-7)19-12-10(15)5-8(6-16-12)13(17)18/h2-6H,15H2,1H3,(H,17,18). The van der Waals surface area contributed by atoms with Gasteiger partial charge < -0.3 is 15.6 Å². The highest BCUT2D eigenvalue weighted by molar-refractivity contribution is 5.88. The maximum Gasteiger partial charge on any atom is 0.337 e. The Labute approximate surface area is 108 Å². The van der Waals surface area contributed by atoms with Crippen molar-refractivity contribution in [3.63, 3.8) is 0 Å². The van der Waals surface area contributed by atoms with Gasteiger partial charge in [0.15, 0.2) is 11.6 Å². The summed E-state index contributed by atoms with van der Waals surface area (Å²) in [5, 5.41) is 8.77. The number of aromatic carboxylic acids is 1. The highest BCUT2D eigenvalue weighted by Gasteiger charge is 2.11. The first-order valence-corrected chi connectivity index (χ1v) is 5.40. The van der Waals surface area contributed by atoms with Gasteiger partial charge in [0.2, 0.25) is 5.88 Å². The molecule has 0 saturated carbocycles. The van der Waals surface area contributed by atoms with Gasteiger partial charge >= 0.3 is 5.97 Å². The number of aryl methyl sites for hydroxylation is 1. The number of hydrogen-bond donors (Lipinski definition) is 2. The fourth-order valence-electron chi connectivity index (χ4n) is 1.46. The number of carboxylic acid groups (broad SMARTS) is 1. The molecule has 0 bridgehead atoms. The monoisotopic (exact) mass is 262 g/mol. The SMILES string of the molecule is Cc1ccc(F)c(Oc2ncc(C(=O)O)cc2N)c1. The number of nitrogen functional groups attached to an aromatic ring is 1. The van der Waals surface area contributed by atoms with Crippen molar-refractivity contribution in [3.8, 4) is 11.6 Å². The van der Waals surface area contributed by atoms with Crippen molar-refractivity contribution in [2.24, 2.45) is 0 Å². The average molecular weight is 262 g/mol. The van der Waals surface area contributed by atoms with E-state index in [1.165, 1.54) is 18.2 Å². The van der Waals surface area contributed by atoms with Crippen LogP contribution in [0.4, 0.5) is 10.1 Å². The molecular weight excluding hydrogens is 251 g/mol. The van der Waals surface area contributed by atoms with Gasteiger partial charge in [0.1, 0.15) is 0 Å². The lowest BCUT2D eigenvalue weighted by Gasteiger charge is -2.09. The summed E-state index contributed by atoms with van der Waals surface area (Å²) >= 11 is 0. The van der Waals surface area contributed by atoms with Crippen LogP contribution in [-0.2, 0) is 0 Å². The van der Waals surface area contributed by atoms with Gasteiger partial charge in [-0.25, -0.2) is 14.2 Å². The summed E-state index contributed by atoms with van der Waals surface area (Å²) in [6, 6.07) is 5.58. The quantitative estimate of drug-likeness (QED) is 0.888. The van der Waals surface area contributed by atoms with Gasteiger partial charge in [0.05, 0.1) is 11.3 Å². The first kappa shape index (κ1) is 12.8. The minimum Gasteiger partial charge on any atom is -0.478 e. The minimum absolute atomic E-state index is 0.0118. The third-order valence-electron chi connectivity index (χ3n) is 2.42. The first-order valence-electron chi connectivity index (χ1n) is 5.40. The van der Waals surface area contributed by atoms with Crippen LogP contribution in [0.3, 0.4) is 0 Å². The van der Waals surface area contributed by atoms with Crippen LogP contribution < -0.4 is 10.5 Å². The number of nitrogens with two attached hydrogens (primary N) is 1. The summed E-state index contributed by atoms with van der Waals surface area (Å²) in [4.78, 5) is 14.5. The van der Waals surface area contributed by atoms with Crippen LogP contribution in [-0.4, -0.2) is 16.1 Å². The summed E-state index contributed by atoms with van der Waals surface area (Å²) in [6.07, 6.45) is 1.10. The molecule has 19 heavy (non-hydrogen) atoms. The molecular formula is C13H11FN2O3. The zero-order valence-electron chi connectivity index (χ0n) is 10.1. The Morgan fingerprint density at radius 3 is 2.79 bits per heavy atom. The molecule has 2 aromatic rings. The van der Waals surface area contributed by atoms with Gasteiger partial charge in [-0.15, -0.1) is 0 Å². The van der Waals surface area contributed by atoms with E-state index in [0.29, 0.717) is 0 Å². The number of hydrogen-bond acceptors (Lipinski definition) is 4. The van der Waals surface area contributed by atoms with Crippen LogP contribution >= 0.6 is 0 Å². The molecule has 2 rings (SSSR count). The van der Waals surface area contributed by atoms with Crippen molar-refractivity contribution in [2.75, 3.05) is 5.73 Å². The van der Waals surface area contributed by atoms with Crippen molar-refractivity contribution < 1.29 is 19.0 Å². The molecule has 1 heterocycles. The molecule has 3 N–H and O–H groups in total. The number of halogens is 1. The molecule has 0 fully saturated rings. The fourth-order valence-corrected chi connectivity index (χ4v) is 1.46. The van der Waals surface area contributed by atoms with E-state index in [-0.39, 0.29) is 22.9 Å². The van der Waals surface area contributed by atoms with Crippen LogP contribution in [0, 0.1) is 12.7 Å². The number of ether oxygens (including phenoxy) is 1. The van der Waals surface area contributed by atoms with Gasteiger partial charge in [0, 0.05) is 6.20 Å². The Bertz CT molecular complexity index is 644. The predicted molar refractivity (Wildman–Crippen MR) is 66.8 cm³/mol. The van der Waals surface area contributed by atoms with Crippen molar-refractivity contribution in [2.45, 2.75) is 6.92 Å². The second-order valence-corrected chi connectivity index (χ2v) is 3.96. The summed E-state index contributed by atoms with van der Waals surface area (Å²) in [5.41, 5.74) is 6.41. The maximum absolute atomic E-state index is 13.5. The Hall–Kier alpha value is -2.63. The minimum atomic E-state index is -1.15. The number of benzene rings is 1. The van der Waals surface area contributed by atoms with Crippen molar-refractivity contribution >= 4 is 11.7 Å². The second-order valence-electron chi connectivity index (χ2n) is 3.96. The number of rotatable bonds is 3. The maximum atomic E-state index is 13.5.